The molecule has 3 rings (SSSR count). The molecule has 0 bridgehead atoms. The van der Waals surface area contributed by atoms with Gasteiger partial charge in [-0.1, -0.05) is 0 Å². The maximum Gasteiger partial charge on any atom is 0.226 e. The minimum absolute atomic E-state index is 0. The predicted molar refractivity (Wildman–Crippen MR) is 96.0 cm³/mol. The van der Waals surface area contributed by atoms with Crippen molar-refractivity contribution in [3.63, 3.8) is 0 Å². The van der Waals surface area contributed by atoms with Crippen LogP contribution in [0.5, 0.6) is 0 Å². The molecule has 2 saturated heterocycles. The second-order valence-electron chi connectivity index (χ2n) is 5.58. The number of aromatic nitrogens is 1. The highest BCUT2D eigenvalue weighted by Gasteiger charge is 2.17. The molecule has 2 aliphatic heterocycles. The Morgan fingerprint density at radius 2 is 2.13 bits per heavy atom. The number of rotatable bonds is 4. The van der Waals surface area contributed by atoms with Crippen LogP contribution in [0.2, 0.25) is 0 Å². The van der Waals surface area contributed by atoms with E-state index in [1.165, 1.54) is 12.8 Å². The zero-order valence-corrected chi connectivity index (χ0v) is 14.6. The molecule has 2 N–H and O–H groups in total. The van der Waals surface area contributed by atoms with Crippen LogP contribution < -0.4 is 15.5 Å². The Hall–Kier alpha value is -1.08. The summed E-state index contributed by atoms with van der Waals surface area (Å²) in [6.07, 6.45) is 4.62. The number of anilines is 2. The fourth-order valence-electron chi connectivity index (χ4n) is 2.78. The van der Waals surface area contributed by atoms with Gasteiger partial charge in [-0.05, 0) is 25.0 Å². The quantitative estimate of drug-likeness (QED) is 0.855. The zero-order chi connectivity index (χ0) is 14.5. The van der Waals surface area contributed by atoms with Gasteiger partial charge in [0.1, 0.15) is 5.82 Å². The topological polar surface area (TPSA) is 66.5 Å². The van der Waals surface area contributed by atoms with Crippen molar-refractivity contribution in [3.05, 3.63) is 18.3 Å². The lowest BCUT2D eigenvalue weighted by atomic mass is 10.2. The van der Waals surface area contributed by atoms with Gasteiger partial charge in [-0.25, -0.2) is 4.98 Å². The SMILES string of the molecule is Cl.Cl.O=C(CC1COCCN1)Nc1ccc(N2CCCC2)nc1. The highest BCUT2D eigenvalue weighted by molar-refractivity contribution is 5.91. The summed E-state index contributed by atoms with van der Waals surface area (Å²) in [4.78, 5) is 18.7. The molecule has 2 aliphatic rings. The Morgan fingerprint density at radius 3 is 2.74 bits per heavy atom. The molecular formula is C15H24Cl2N4O2. The fourth-order valence-corrected chi connectivity index (χ4v) is 2.78. The summed E-state index contributed by atoms with van der Waals surface area (Å²) in [5.41, 5.74) is 0.750. The maximum absolute atomic E-state index is 12.0. The van der Waals surface area contributed by atoms with E-state index in [4.69, 9.17) is 4.74 Å². The van der Waals surface area contributed by atoms with E-state index < -0.39 is 0 Å². The van der Waals surface area contributed by atoms with Crippen LogP contribution in [0.1, 0.15) is 19.3 Å². The van der Waals surface area contributed by atoms with Gasteiger partial charge in [-0.15, -0.1) is 24.8 Å². The van der Waals surface area contributed by atoms with Gasteiger partial charge in [0.15, 0.2) is 0 Å². The number of nitrogens with zero attached hydrogens (tertiary/aromatic N) is 2. The number of amides is 1. The number of morpholine rings is 1. The number of carbonyl (C=O) groups is 1. The van der Waals surface area contributed by atoms with E-state index in [9.17, 15) is 4.79 Å². The summed E-state index contributed by atoms with van der Waals surface area (Å²) in [6, 6.07) is 4.00. The summed E-state index contributed by atoms with van der Waals surface area (Å²) in [5, 5.41) is 6.17. The van der Waals surface area contributed by atoms with Crippen LogP contribution >= 0.6 is 24.8 Å². The van der Waals surface area contributed by atoms with Gasteiger partial charge >= 0.3 is 0 Å². The number of hydrogen-bond donors (Lipinski definition) is 2. The Balaban J connectivity index is 0.00000132. The van der Waals surface area contributed by atoms with E-state index in [0.29, 0.717) is 13.0 Å². The first-order chi connectivity index (χ1) is 10.3. The largest absolute Gasteiger partial charge is 0.378 e. The molecule has 0 aromatic carbocycles. The normalized spacial score (nSPS) is 20.3. The lowest BCUT2D eigenvalue weighted by Crippen LogP contribution is -2.43. The Morgan fingerprint density at radius 1 is 1.35 bits per heavy atom. The first-order valence-electron chi connectivity index (χ1n) is 7.63. The monoisotopic (exact) mass is 362 g/mol. The molecular weight excluding hydrogens is 339 g/mol. The van der Waals surface area contributed by atoms with E-state index in [1.54, 1.807) is 6.20 Å². The number of hydrogen-bond acceptors (Lipinski definition) is 5. The van der Waals surface area contributed by atoms with E-state index in [2.05, 4.69) is 20.5 Å². The van der Waals surface area contributed by atoms with Crippen LogP contribution in [0, 0.1) is 0 Å². The van der Waals surface area contributed by atoms with Gasteiger partial charge in [-0.2, -0.15) is 0 Å². The van der Waals surface area contributed by atoms with Crippen LogP contribution in [-0.2, 0) is 9.53 Å². The lowest BCUT2D eigenvalue weighted by molar-refractivity contribution is -0.117. The van der Waals surface area contributed by atoms with Crippen molar-refractivity contribution in [2.75, 3.05) is 43.1 Å². The van der Waals surface area contributed by atoms with Crippen molar-refractivity contribution >= 4 is 42.2 Å². The summed E-state index contributed by atoms with van der Waals surface area (Å²) in [7, 11) is 0. The lowest BCUT2D eigenvalue weighted by Gasteiger charge is -2.23. The van der Waals surface area contributed by atoms with Crippen molar-refractivity contribution in [2.45, 2.75) is 25.3 Å². The standard InChI is InChI=1S/C15H22N4O2.2ClH/c20-15(9-13-11-21-8-5-16-13)18-12-3-4-14(17-10-12)19-6-1-2-7-19;;/h3-4,10,13,16H,1-2,5-9,11H2,(H,18,20);2*1H. The number of nitrogens with one attached hydrogen (secondary N) is 2. The second kappa shape index (κ2) is 9.93. The summed E-state index contributed by atoms with van der Waals surface area (Å²) in [5.74, 6) is 0.988. The van der Waals surface area contributed by atoms with Crippen molar-refractivity contribution in [2.24, 2.45) is 0 Å². The van der Waals surface area contributed by atoms with E-state index >= 15 is 0 Å². The molecule has 2 fully saturated rings. The second-order valence-corrected chi connectivity index (χ2v) is 5.58. The third kappa shape index (κ3) is 5.80. The van der Waals surface area contributed by atoms with Gasteiger partial charge < -0.3 is 20.3 Å². The van der Waals surface area contributed by atoms with Crippen molar-refractivity contribution in [3.8, 4) is 0 Å². The molecule has 0 saturated carbocycles. The zero-order valence-electron chi connectivity index (χ0n) is 13.0. The van der Waals surface area contributed by atoms with Crippen molar-refractivity contribution < 1.29 is 9.53 Å². The number of halogens is 2. The minimum Gasteiger partial charge on any atom is -0.378 e. The molecule has 1 unspecified atom stereocenters. The first-order valence-corrected chi connectivity index (χ1v) is 7.63. The third-order valence-electron chi connectivity index (χ3n) is 3.89. The molecule has 3 heterocycles. The third-order valence-corrected chi connectivity index (χ3v) is 3.89. The number of carbonyl (C=O) groups excluding carboxylic acids is 1. The highest BCUT2D eigenvalue weighted by atomic mass is 35.5. The highest BCUT2D eigenvalue weighted by Crippen LogP contribution is 2.19. The van der Waals surface area contributed by atoms with Gasteiger partial charge in [0.25, 0.3) is 0 Å². The molecule has 8 heteroatoms. The Kier molecular flexibility index (Phi) is 8.62. The maximum atomic E-state index is 12.0. The average molecular weight is 363 g/mol. The Labute approximate surface area is 149 Å². The fraction of sp³-hybridized carbons (Fsp3) is 0.600. The van der Waals surface area contributed by atoms with Crippen molar-refractivity contribution in [1.82, 2.24) is 10.3 Å². The molecule has 1 amide bonds. The van der Waals surface area contributed by atoms with Crippen molar-refractivity contribution in [1.29, 1.82) is 0 Å². The summed E-state index contributed by atoms with van der Waals surface area (Å²) < 4.78 is 5.35. The smallest absolute Gasteiger partial charge is 0.226 e. The molecule has 0 radical (unpaired) electrons. The molecule has 23 heavy (non-hydrogen) atoms. The van der Waals surface area contributed by atoms with Crippen LogP contribution in [0.15, 0.2) is 18.3 Å². The van der Waals surface area contributed by atoms with E-state index in [-0.39, 0.29) is 36.8 Å². The van der Waals surface area contributed by atoms with Gasteiger partial charge in [0.2, 0.25) is 5.91 Å². The molecule has 0 spiro atoms. The van der Waals surface area contributed by atoms with Gasteiger partial charge in [-0.3, -0.25) is 4.79 Å². The van der Waals surface area contributed by atoms with E-state index in [0.717, 1.165) is 37.7 Å². The molecule has 1 aromatic rings. The minimum atomic E-state index is -0.00581. The summed E-state index contributed by atoms with van der Waals surface area (Å²) >= 11 is 0. The molecule has 130 valence electrons. The number of pyridine rings is 1. The van der Waals surface area contributed by atoms with Crippen LogP contribution in [0.4, 0.5) is 11.5 Å². The Bertz CT molecular complexity index is 475. The first kappa shape index (κ1) is 20.0. The molecule has 1 aromatic heterocycles. The molecule has 6 nitrogen and oxygen atoms in total. The summed E-state index contributed by atoms with van der Waals surface area (Å²) in [6.45, 7) is 4.28. The van der Waals surface area contributed by atoms with E-state index in [1.807, 2.05) is 12.1 Å². The van der Waals surface area contributed by atoms with Gasteiger partial charge in [0, 0.05) is 32.1 Å². The average Bonchev–Trinajstić information content (AvgIpc) is 3.03. The van der Waals surface area contributed by atoms with Gasteiger partial charge in [0.05, 0.1) is 25.1 Å². The molecule has 1 atom stereocenters. The van der Waals surface area contributed by atoms with Crippen LogP contribution in [-0.4, -0.2) is 49.8 Å². The molecule has 0 aliphatic carbocycles. The van der Waals surface area contributed by atoms with Crippen LogP contribution in [0.3, 0.4) is 0 Å². The number of ether oxygens (including phenoxy) is 1. The predicted octanol–water partition coefficient (Wildman–Crippen LogP) is 1.84. The van der Waals surface area contributed by atoms with Crippen LogP contribution in [0.25, 0.3) is 0 Å².